The third-order valence-corrected chi connectivity index (χ3v) is 9.72. The predicted molar refractivity (Wildman–Crippen MR) is 160 cm³/mol. The number of likely N-dealkylation sites (N-methyl/N-ethyl adjacent to an activating group) is 1. The first-order chi connectivity index (χ1) is 19.1. The Morgan fingerprint density at radius 2 is 1.93 bits per heavy atom. The first-order valence-corrected chi connectivity index (χ1v) is 18.0. The van der Waals surface area contributed by atoms with Gasteiger partial charge in [0.15, 0.2) is 0 Å². The number of methoxy groups -OCH3 is 1. The van der Waals surface area contributed by atoms with Crippen molar-refractivity contribution in [3.63, 3.8) is 0 Å². The number of carbonyl (C=O) groups is 1. The molecule has 40 heavy (non-hydrogen) atoms. The van der Waals surface area contributed by atoms with E-state index in [2.05, 4.69) is 41.8 Å². The molecular weight excluding hydrogens is 525 g/mol. The first kappa shape index (κ1) is 28.7. The number of fused-ring (bicyclic) bond motifs is 1. The summed E-state index contributed by atoms with van der Waals surface area (Å²) in [4.78, 5) is 22.7. The Morgan fingerprint density at radius 3 is 2.65 bits per heavy atom. The zero-order chi connectivity index (χ0) is 28.4. The van der Waals surface area contributed by atoms with Crippen LogP contribution in [0.2, 0.25) is 25.7 Å². The molecule has 1 amide bonds. The number of aromatic nitrogens is 2. The summed E-state index contributed by atoms with van der Waals surface area (Å²) in [5.74, 6) is 1.03. The Bertz CT molecular complexity index is 1350. The zero-order valence-electron chi connectivity index (χ0n) is 24.4. The maximum Gasteiger partial charge on any atom is 0.228 e. The molecule has 3 aromatic rings. The van der Waals surface area contributed by atoms with Gasteiger partial charge in [0.05, 0.1) is 12.7 Å². The summed E-state index contributed by atoms with van der Waals surface area (Å²) in [6.45, 7) is 13.1. The van der Waals surface area contributed by atoms with Crippen LogP contribution in [0.15, 0.2) is 36.5 Å². The van der Waals surface area contributed by atoms with Crippen molar-refractivity contribution in [1.29, 1.82) is 0 Å². The average Bonchev–Trinajstić information content (AvgIpc) is 3.60. The SMILES string of the molecule is COc1cccc(F)c1-c1cn(COCC[Si](C)(C)C)c2nc(NC(=O)C3CC3CN3CCN(C)CC3)ccc12. The fourth-order valence-electron chi connectivity index (χ4n) is 5.36. The molecule has 1 N–H and O–H groups in total. The quantitative estimate of drug-likeness (QED) is 0.260. The minimum atomic E-state index is -1.24. The molecule has 8 nitrogen and oxygen atoms in total. The van der Waals surface area contributed by atoms with Crippen molar-refractivity contribution < 1.29 is 18.7 Å². The lowest BCUT2D eigenvalue weighted by molar-refractivity contribution is -0.117. The smallest absolute Gasteiger partial charge is 0.228 e. The molecule has 0 bridgehead atoms. The van der Waals surface area contributed by atoms with Crippen LogP contribution in [0, 0.1) is 17.7 Å². The molecule has 10 heteroatoms. The van der Waals surface area contributed by atoms with Gasteiger partial charge in [-0.3, -0.25) is 4.79 Å². The van der Waals surface area contributed by atoms with Gasteiger partial charge in [-0.05, 0) is 49.7 Å². The van der Waals surface area contributed by atoms with Gasteiger partial charge < -0.3 is 29.2 Å². The standard InChI is InChI=1S/C30H42FN5O3Si/c1-34-11-13-35(14-12-34)18-21-17-23(21)30(37)33-27-10-9-22-24(28-25(31)7-6-8-26(28)38-2)19-36(29(22)32-27)20-39-15-16-40(3,4)5/h6-10,19,21,23H,11-18,20H2,1-5H3,(H,32,33,37). The molecule has 2 unspecified atom stereocenters. The van der Waals surface area contributed by atoms with E-state index in [0.717, 1.165) is 50.6 Å². The van der Waals surface area contributed by atoms with Gasteiger partial charge in [0, 0.05) is 70.5 Å². The number of rotatable bonds is 11. The van der Waals surface area contributed by atoms with Crippen molar-refractivity contribution in [2.45, 2.75) is 38.8 Å². The molecular formula is C30H42FN5O3Si. The van der Waals surface area contributed by atoms with Crippen LogP contribution < -0.4 is 10.1 Å². The zero-order valence-corrected chi connectivity index (χ0v) is 25.4. The normalized spacial score (nSPS) is 20.1. The second-order valence-electron chi connectivity index (χ2n) is 12.4. The fourth-order valence-corrected chi connectivity index (χ4v) is 6.12. The van der Waals surface area contributed by atoms with Gasteiger partial charge in [-0.1, -0.05) is 25.7 Å². The molecule has 1 aromatic carbocycles. The molecule has 1 aliphatic carbocycles. The fraction of sp³-hybridized carbons (Fsp3) is 0.533. The summed E-state index contributed by atoms with van der Waals surface area (Å²) in [6, 6.07) is 9.56. The topological polar surface area (TPSA) is 71.9 Å². The third-order valence-electron chi connectivity index (χ3n) is 8.01. The second-order valence-corrected chi connectivity index (χ2v) is 18.1. The van der Waals surface area contributed by atoms with Gasteiger partial charge in [-0.2, -0.15) is 0 Å². The summed E-state index contributed by atoms with van der Waals surface area (Å²) >= 11 is 0. The largest absolute Gasteiger partial charge is 0.496 e. The van der Waals surface area contributed by atoms with E-state index in [1.807, 2.05) is 16.8 Å². The van der Waals surface area contributed by atoms with Crippen LogP contribution in [-0.2, 0) is 16.3 Å². The van der Waals surface area contributed by atoms with Gasteiger partial charge in [0.1, 0.15) is 29.8 Å². The molecule has 1 saturated heterocycles. The Kier molecular flexibility index (Phi) is 8.60. The number of ether oxygens (including phenoxy) is 2. The van der Waals surface area contributed by atoms with E-state index in [0.29, 0.717) is 40.9 Å². The number of hydrogen-bond donors (Lipinski definition) is 1. The number of nitrogens with one attached hydrogen (secondary N) is 1. The van der Waals surface area contributed by atoms with E-state index in [1.165, 1.54) is 13.2 Å². The van der Waals surface area contributed by atoms with Gasteiger partial charge in [-0.25, -0.2) is 9.37 Å². The monoisotopic (exact) mass is 567 g/mol. The van der Waals surface area contributed by atoms with Gasteiger partial charge >= 0.3 is 0 Å². The third kappa shape index (κ3) is 6.74. The summed E-state index contributed by atoms with van der Waals surface area (Å²) < 4.78 is 28.5. The van der Waals surface area contributed by atoms with Crippen molar-refractivity contribution in [1.82, 2.24) is 19.4 Å². The number of halogens is 1. The van der Waals surface area contributed by atoms with Crippen LogP contribution in [0.1, 0.15) is 6.42 Å². The molecule has 1 saturated carbocycles. The van der Waals surface area contributed by atoms with E-state index in [9.17, 15) is 4.79 Å². The maximum absolute atomic E-state index is 15.1. The lowest BCUT2D eigenvalue weighted by Crippen LogP contribution is -2.45. The van der Waals surface area contributed by atoms with Crippen LogP contribution in [-0.4, -0.2) is 86.8 Å². The van der Waals surface area contributed by atoms with Crippen molar-refractivity contribution in [2.24, 2.45) is 11.8 Å². The highest BCUT2D eigenvalue weighted by atomic mass is 28.3. The molecule has 0 radical (unpaired) electrons. The van der Waals surface area contributed by atoms with Crippen LogP contribution in [0.25, 0.3) is 22.2 Å². The minimum absolute atomic E-state index is 0.0199. The molecule has 3 heterocycles. The van der Waals surface area contributed by atoms with Crippen LogP contribution in [0.4, 0.5) is 10.2 Å². The van der Waals surface area contributed by atoms with Gasteiger partial charge in [0.2, 0.25) is 5.91 Å². The van der Waals surface area contributed by atoms with E-state index in [-0.39, 0.29) is 24.4 Å². The van der Waals surface area contributed by atoms with Crippen LogP contribution in [0.5, 0.6) is 5.75 Å². The average molecular weight is 568 g/mol. The van der Waals surface area contributed by atoms with Crippen molar-refractivity contribution in [3.8, 4) is 16.9 Å². The molecule has 2 atom stereocenters. The highest BCUT2D eigenvalue weighted by Gasteiger charge is 2.44. The highest BCUT2D eigenvalue weighted by molar-refractivity contribution is 6.76. The molecule has 1 aliphatic heterocycles. The number of nitrogens with zero attached hydrogens (tertiary/aromatic N) is 4. The maximum atomic E-state index is 15.1. The lowest BCUT2D eigenvalue weighted by atomic mass is 10.0. The summed E-state index contributed by atoms with van der Waals surface area (Å²) in [5.41, 5.74) is 1.70. The summed E-state index contributed by atoms with van der Waals surface area (Å²) in [7, 11) is 2.45. The molecule has 2 aliphatic rings. The second kappa shape index (κ2) is 12.0. The van der Waals surface area contributed by atoms with Crippen LogP contribution in [0.3, 0.4) is 0 Å². The van der Waals surface area contributed by atoms with Crippen LogP contribution >= 0.6 is 0 Å². The highest BCUT2D eigenvalue weighted by Crippen LogP contribution is 2.41. The van der Waals surface area contributed by atoms with Crippen molar-refractivity contribution >= 4 is 30.8 Å². The molecule has 2 fully saturated rings. The molecule has 0 spiro atoms. The van der Waals surface area contributed by atoms with E-state index in [1.54, 1.807) is 18.2 Å². The molecule has 5 rings (SSSR count). The molecule has 216 valence electrons. The number of carbonyl (C=O) groups excluding carboxylic acids is 1. The van der Waals surface area contributed by atoms with Gasteiger partial charge in [-0.15, -0.1) is 0 Å². The number of benzene rings is 1. The number of pyridine rings is 1. The Labute approximate surface area is 237 Å². The lowest BCUT2D eigenvalue weighted by Gasteiger charge is -2.32. The van der Waals surface area contributed by atoms with E-state index < -0.39 is 8.07 Å². The van der Waals surface area contributed by atoms with Crippen molar-refractivity contribution in [3.05, 3.63) is 42.3 Å². The summed E-state index contributed by atoms with van der Waals surface area (Å²) in [5, 5.41) is 3.82. The van der Waals surface area contributed by atoms with E-state index >= 15 is 4.39 Å². The number of amides is 1. The number of anilines is 1. The predicted octanol–water partition coefficient (Wildman–Crippen LogP) is 4.99. The Balaban J connectivity index is 1.35. The van der Waals surface area contributed by atoms with E-state index in [4.69, 9.17) is 14.5 Å². The Hall–Kier alpha value is -2.79. The summed E-state index contributed by atoms with van der Waals surface area (Å²) in [6.07, 6.45) is 2.78. The minimum Gasteiger partial charge on any atom is -0.496 e. The molecule has 2 aromatic heterocycles. The first-order valence-electron chi connectivity index (χ1n) is 14.3. The van der Waals surface area contributed by atoms with Gasteiger partial charge in [0.25, 0.3) is 0 Å². The number of hydrogen-bond acceptors (Lipinski definition) is 6. The van der Waals surface area contributed by atoms with Crippen molar-refractivity contribution in [2.75, 3.05) is 58.8 Å². The Morgan fingerprint density at radius 1 is 1.15 bits per heavy atom. The number of piperazine rings is 1.